The minimum absolute atomic E-state index is 0.103. The number of nitrogens with one attached hydrogen (secondary N) is 1. The second-order valence-corrected chi connectivity index (χ2v) is 7.49. The number of nitrogens with zero attached hydrogens (tertiary/aromatic N) is 2. The van der Waals surface area contributed by atoms with Crippen LogP contribution in [0.3, 0.4) is 0 Å². The molecule has 0 unspecified atom stereocenters. The number of aryl methyl sites for hydroxylation is 1. The lowest BCUT2D eigenvalue weighted by atomic mass is 9.93. The first-order chi connectivity index (χ1) is 11.4. The Balaban J connectivity index is 1.83. The van der Waals surface area contributed by atoms with E-state index in [0.717, 1.165) is 35.1 Å². The highest BCUT2D eigenvalue weighted by atomic mass is 16.1. The summed E-state index contributed by atoms with van der Waals surface area (Å²) in [6.45, 7) is 7.17. The van der Waals surface area contributed by atoms with Crippen molar-refractivity contribution < 1.29 is 4.79 Å². The lowest BCUT2D eigenvalue weighted by molar-refractivity contribution is -0.123. The summed E-state index contributed by atoms with van der Waals surface area (Å²) in [5, 5.41) is 5.48. The van der Waals surface area contributed by atoms with Gasteiger partial charge in [0.25, 0.3) is 0 Å². The molecular weight excluding hydrogens is 298 g/mol. The lowest BCUT2D eigenvalue weighted by Gasteiger charge is -2.29. The second kappa shape index (κ2) is 6.52. The van der Waals surface area contributed by atoms with Gasteiger partial charge in [-0.3, -0.25) is 9.78 Å². The summed E-state index contributed by atoms with van der Waals surface area (Å²) in [4.78, 5) is 19.6. The number of pyridine rings is 1. The van der Waals surface area contributed by atoms with Crippen LogP contribution in [-0.4, -0.2) is 35.4 Å². The number of hydrogen-bond acceptors (Lipinski definition) is 3. The summed E-state index contributed by atoms with van der Waals surface area (Å²) in [6, 6.07) is 10.7. The number of hydrogen-bond donors (Lipinski definition) is 1. The average molecular weight is 325 g/mol. The smallest absolute Gasteiger partial charge is 0.222 e. The predicted octanol–water partition coefficient (Wildman–Crippen LogP) is 3.38. The van der Waals surface area contributed by atoms with Crippen LogP contribution in [0.4, 0.5) is 0 Å². The maximum absolute atomic E-state index is 12.6. The molecule has 3 rings (SSSR count). The van der Waals surface area contributed by atoms with Gasteiger partial charge in [0, 0.05) is 23.5 Å². The third-order valence-electron chi connectivity index (χ3n) is 5.00. The SMILES string of the molecule is Cc1cc2ccccc2c(C(C)(C)NC(=O)C[C@H]2CCCN2C)n1. The molecule has 2 heterocycles. The number of likely N-dealkylation sites (tertiary alicyclic amines) is 1. The van der Waals surface area contributed by atoms with Crippen molar-refractivity contribution >= 4 is 16.7 Å². The van der Waals surface area contributed by atoms with Crippen LogP contribution < -0.4 is 5.32 Å². The van der Waals surface area contributed by atoms with Crippen molar-refractivity contribution in [2.45, 2.75) is 51.6 Å². The van der Waals surface area contributed by atoms with Crippen molar-refractivity contribution in [3.8, 4) is 0 Å². The lowest BCUT2D eigenvalue weighted by Crippen LogP contribution is -2.44. The fourth-order valence-corrected chi connectivity index (χ4v) is 3.72. The van der Waals surface area contributed by atoms with Crippen LogP contribution in [0.15, 0.2) is 30.3 Å². The first-order valence-corrected chi connectivity index (χ1v) is 8.75. The summed E-state index contributed by atoms with van der Waals surface area (Å²) in [5.41, 5.74) is 1.41. The third-order valence-corrected chi connectivity index (χ3v) is 5.00. The third kappa shape index (κ3) is 3.44. The van der Waals surface area contributed by atoms with E-state index in [9.17, 15) is 4.79 Å². The number of rotatable bonds is 4. The van der Waals surface area contributed by atoms with Crippen molar-refractivity contribution in [1.82, 2.24) is 15.2 Å². The van der Waals surface area contributed by atoms with Gasteiger partial charge in [0.15, 0.2) is 0 Å². The first kappa shape index (κ1) is 16.9. The summed E-state index contributed by atoms with van der Waals surface area (Å²) in [5.74, 6) is 0.103. The summed E-state index contributed by atoms with van der Waals surface area (Å²) >= 11 is 0. The summed E-state index contributed by atoms with van der Waals surface area (Å²) in [7, 11) is 2.10. The molecule has 1 fully saturated rings. The Hall–Kier alpha value is -1.94. The summed E-state index contributed by atoms with van der Waals surface area (Å²) < 4.78 is 0. The van der Waals surface area contributed by atoms with E-state index in [4.69, 9.17) is 4.98 Å². The number of carbonyl (C=O) groups excluding carboxylic acids is 1. The molecule has 0 spiro atoms. The van der Waals surface area contributed by atoms with E-state index in [1.54, 1.807) is 0 Å². The van der Waals surface area contributed by atoms with Gasteiger partial charge < -0.3 is 10.2 Å². The van der Waals surface area contributed by atoms with E-state index in [-0.39, 0.29) is 5.91 Å². The Labute approximate surface area is 144 Å². The van der Waals surface area contributed by atoms with Gasteiger partial charge >= 0.3 is 0 Å². The molecule has 0 radical (unpaired) electrons. The van der Waals surface area contributed by atoms with Gasteiger partial charge in [-0.15, -0.1) is 0 Å². The van der Waals surface area contributed by atoms with Crippen LogP contribution in [0.1, 0.15) is 44.5 Å². The second-order valence-electron chi connectivity index (χ2n) is 7.49. The molecule has 1 atom stereocenters. The van der Waals surface area contributed by atoms with Crippen LogP contribution in [0.5, 0.6) is 0 Å². The highest BCUT2D eigenvalue weighted by Crippen LogP contribution is 2.28. The standard InChI is InChI=1S/C20H27N3O/c1-14-12-15-8-5-6-10-17(15)19(21-14)20(2,3)22-18(24)13-16-9-7-11-23(16)4/h5-6,8,10,12,16H,7,9,11,13H2,1-4H3,(H,22,24)/t16-/m1/s1. The molecule has 2 aromatic rings. The van der Waals surface area contributed by atoms with E-state index in [2.05, 4.69) is 35.5 Å². The quantitative estimate of drug-likeness (QED) is 0.937. The van der Waals surface area contributed by atoms with Gasteiger partial charge in [0.1, 0.15) is 0 Å². The van der Waals surface area contributed by atoms with Gasteiger partial charge in [0.05, 0.1) is 11.2 Å². The van der Waals surface area contributed by atoms with Gasteiger partial charge in [0.2, 0.25) is 5.91 Å². The maximum atomic E-state index is 12.6. The molecule has 4 heteroatoms. The Bertz CT molecular complexity index is 754. The zero-order chi connectivity index (χ0) is 17.3. The van der Waals surface area contributed by atoms with Crippen LogP contribution in [0, 0.1) is 6.92 Å². The monoisotopic (exact) mass is 325 g/mol. The zero-order valence-electron chi connectivity index (χ0n) is 15.1. The van der Waals surface area contributed by atoms with E-state index >= 15 is 0 Å². The molecule has 0 aliphatic carbocycles. The van der Waals surface area contributed by atoms with Crippen molar-refractivity contribution in [1.29, 1.82) is 0 Å². The number of carbonyl (C=O) groups is 1. The largest absolute Gasteiger partial charge is 0.346 e. The van der Waals surface area contributed by atoms with Gasteiger partial charge in [-0.1, -0.05) is 24.3 Å². The Morgan fingerprint density at radius 3 is 2.83 bits per heavy atom. The van der Waals surface area contributed by atoms with Gasteiger partial charge in [-0.25, -0.2) is 0 Å². The van der Waals surface area contributed by atoms with Crippen LogP contribution >= 0.6 is 0 Å². The van der Waals surface area contributed by atoms with Crippen molar-refractivity contribution in [3.05, 3.63) is 41.7 Å². The minimum atomic E-state index is -0.500. The molecule has 1 saturated heterocycles. The predicted molar refractivity (Wildman–Crippen MR) is 97.9 cm³/mol. The molecule has 128 valence electrons. The average Bonchev–Trinajstić information content (AvgIpc) is 2.90. The fraction of sp³-hybridized carbons (Fsp3) is 0.500. The van der Waals surface area contributed by atoms with Gasteiger partial charge in [-0.2, -0.15) is 0 Å². The molecule has 1 aromatic heterocycles. The first-order valence-electron chi connectivity index (χ1n) is 8.75. The van der Waals surface area contributed by atoms with E-state index in [1.165, 1.54) is 6.42 Å². The number of benzene rings is 1. The normalized spacial score (nSPS) is 18.9. The Morgan fingerprint density at radius 2 is 2.12 bits per heavy atom. The molecule has 24 heavy (non-hydrogen) atoms. The minimum Gasteiger partial charge on any atom is -0.346 e. The van der Waals surface area contributed by atoms with Crippen LogP contribution in [0.25, 0.3) is 10.8 Å². The highest BCUT2D eigenvalue weighted by molar-refractivity contribution is 5.86. The molecule has 1 aliphatic heterocycles. The van der Waals surface area contributed by atoms with Crippen LogP contribution in [0.2, 0.25) is 0 Å². The molecule has 1 N–H and O–H groups in total. The zero-order valence-corrected chi connectivity index (χ0v) is 15.1. The van der Waals surface area contributed by atoms with Crippen molar-refractivity contribution in [2.24, 2.45) is 0 Å². The van der Waals surface area contributed by atoms with Crippen LogP contribution in [-0.2, 0) is 10.3 Å². The fourth-order valence-electron chi connectivity index (χ4n) is 3.72. The maximum Gasteiger partial charge on any atom is 0.222 e. The number of fused-ring (bicyclic) bond motifs is 1. The molecule has 1 aliphatic rings. The Morgan fingerprint density at radius 1 is 1.38 bits per heavy atom. The Kier molecular flexibility index (Phi) is 4.59. The summed E-state index contributed by atoms with van der Waals surface area (Å²) in [6.07, 6.45) is 2.85. The van der Waals surface area contributed by atoms with Crippen molar-refractivity contribution in [2.75, 3.05) is 13.6 Å². The molecule has 1 amide bonds. The molecule has 0 saturated carbocycles. The molecular formula is C20H27N3O. The number of aromatic nitrogens is 1. The van der Waals surface area contributed by atoms with E-state index in [0.29, 0.717) is 12.5 Å². The topological polar surface area (TPSA) is 45.2 Å². The molecule has 4 nitrogen and oxygen atoms in total. The van der Waals surface area contributed by atoms with E-state index < -0.39 is 5.54 Å². The highest BCUT2D eigenvalue weighted by Gasteiger charge is 2.29. The van der Waals surface area contributed by atoms with E-state index in [1.807, 2.05) is 32.9 Å². The molecule has 0 bridgehead atoms. The molecule has 1 aromatic carbocycles. The van der Waals surface area contributed by atoms with Crippen molar-refractivity contribution in [3.63, 3.8) is 0 Å². The number of amides is 1. The van der Waals surface area contributed by atoms with Gasteiger partial charge in [-0.05, 0) is 58.7 Å².